The number of aromatic nitrogens is 1. The lowest BCUT2D eigenvalue weighted by molar-refractivity contribution is -0.121. The van der Waals surface area contributed by atoms with Crippen molar-refractivity contribution in [2.24, 2.45) is 5.73 Å². The fourth-order valence-electron chi connectivity index (χ4n) is 2.77. The van der Waals surface area contributed by atoms with Crippen molar-refractivity contribution in [3.8, 4) is 11.3 Å². The highest BCUT2D eigenvalue weighted by atomic mass is 35.5. The van der Waals surface area contributed by atoms with Crippen LogP contribution in [0.25, 0.3) is 11.3 Å². The Kier molecular flexibility index (Phi) is 5.21. The first-order valence-corrected chi connectivity index (χ1v) is 8.08. The summed E-state index contributed by atoms with van der Waals surface area (Å²) in [6.45, 7) is 2.06. The number of aryl methyl sites for hydroxylation is 1. The molecule has 0 unspecified atom stereocenters. The van der Waals surface area contributed by atoms with Gasteiger partial charge in [-0.2, -0.15) is 0 Å². The normalized spacial score (nSPS) is 16.1. The third kappa shape index (κ3) is 3.32. The van der Waals surface area contributed by atoms with Gasteiger partial charge in [-0.3, -0.25) is 4.79 Å². The molecule has 1 aromatic heterocycles. The van der Waals surface area contributed by atoms with Gasteiger partial charge >= 0.3 is 0 Å². The summed E-state index contributed by atoms with van der Waals surface area (Å²) in [6, 6.07) is 8.09. The molecule has 0 spiro atoms. The van der Waals surface area contributed by atoms with Crippen LogP contribution in [0.4, 0.5) is 5.13 Å². The first-order valence-electron chi connectivity index (χ1n) is 7.20. The van der Waals surface area contributed by atoms with Crippen molar-refractivity contribution in [1.29, 1.82) is 0 Å². The number of carbonyl (C=O) groups is 1. The van der Waals surface area contributed by atoms with Crippen molar-refractivity contribution in [1.82, 2.24) is 4.98 Å². The molecule has 1 saturated carbocycles. The average molecular weight is 338 g/mol. The third-order valence-electron chi connectivity index (χ3n) is 4.09. The fraction of sp³-hybridized carbons (Fsp3) is 0.375. The van der Waals surface area contributed by atoms with Crippen LogP contribution in [0.1, 0.15) is 31.2 Å². The Morgan fingerprint density at radius 3 is 2.68 bits per heavy atom. The molecule has 3 N–H and O–H groups in total. The van der Waals surface area contributed by atoms with Crippen LogP contribution in [0.2, 0.25) is 0 Å². The number of anilines is 1. The van der Waals surface area contributed by atoms with E-state index in [4.69, 9.17) is 5.73 Å². The molecule has 1 amide bonds. The summed E-state index contributed by atoms with van der Waals surface area (Å²) in [5.74, 6) is -0.106. The summed E-state index contributed by atoms with van der Waals surface area (Å²) in [6.07, 6.45) is 3.57. The zero-order valence-corrected chi connectivity index (χ0v) is 14.1. The number of benzene rings is 1. The summed E-state index contributed by atoms with van der Waals surface area (Å²) in [7, 11) is 0. The van der Waals surface area contributed by atoms with Crippen LogP contribution in [0, 0.1) is 6.92 Å². The highest BCUT2D eigenvalue weighted by Crippen LogP contribution is 2.31. The van der Waals surface area contributed by atoms with Crippen molar-refractivity contribution < 1.29 is 4.79 Å². The number of carbonyl (C=O) groups excluding carboxylic acids is 1. The molecule has 1 aliphatic rings. The van der Waals surface area contributed by atoms with Crippen molar-refractivity contribution in [3.63, 3.8) is 0 Å². The van der Waals surface area contributed by atoms with E-state index in [2.05, 4.69) is 23.3 Å². The van der Waals surface area contributed by atoms with Crippen molar-refractivity contribution >= 4 is 34.8 Å². The van der Waals surface area contributed by atoms with Gasteiger partial charge < -0.3 is 11.1 Å². The maximum Gasteiger partial charge on any atom is 0.246 e. The van der Waals surface area contributed by atoms with Crippen LogP contribution in [-0.4, -0.2) is 16.4 Å². The zero-order valence-electron chi connectivity index (χ0n) is 12.5. The number of hydrogen-bond acceptors (Lipinski definition) is 4. The fourth-order valence-corrected chi connectivity index (χ4v) is 3.48. The summed E-state index contributed by atoms with van der Waals surface area (Å²) in [5, 5.41) is 5.47. The van der Waals surface area contributed by atoms with Crippen molar-refractivity contribution in [3.05, 3.63) is 35.2 Å². The molecule has 0 radical (unpaired) electrons. The van der Waals surface area contributed by atoms with E-state index in [0.29, 0.717) is 5.13 Å². The Labute approximate surface area is 140 Å². The van der Waals surface area contributed by atoms with E-state index in [9.17, 15) is 4.79 Å². The van der Waals surface area contributed by atoms with Gasteiger partial charge in [0.2, 0.25) is 5.91 Å². The predicted octanol–water partition coefficient (Wildman–Crippen LogP) is 3.75. The van der Waals surface area contributed by atoms with Gasteiger partial charge in [0, 0.05) is 10.9 Å². The number of thiazole rings is 1. The standard InChI is InChI=1S/C16H19N3OS.ClH/c1-11-6-2-3-7-12(11)13-10-21-15(18-13)19-14(20)16(17)8-4-5-9-16;/h2-3,6-7,10H,4-5,8-9,17H2,1H3,(H,18,19,20);1H. The van der Waals surface area contributed by atoms with Crippen LogP contribution in [-0.2, 0) is 4.79 Å². The second kappa shape index (κ2) is 6.77. The summed E-state index contributed by atoms with van der Waals surface area (Å²) >= 11 is 1.44. The molecule has 0 atom stereocenters. The van der Waals surface area contributed by atoms with Crippen LogP contribution in [0.3, 0.4) is 0 Å². The van der Waals surface area contributed by atoms with Gasteiger partial charge in [-0.25, -0.2) is 4.98 Å². The number of nitrogens with one attached hydrogen (secondary N) is 1. The SMILES string of the molecule is Cc1ccccc1-c1csc(NC(=O)C2(N)CCCC2)n1.Cl. The van der Waals surface area contributed by atoms with Crippen molar-refractivity contribution in [2.45, 2.75) is 38.1 Å². The minimum atomic E-state index is -0.714. The van der Waals surface area contributed by atoms with Gasteiger partial charge in [-0.1, -0.05) is 37.1 Å². The van der Waals surface area contributed by atoms with Crippen LogP contribution in [0.5, 0.6) is 0 Å². The molecule has 4 nitrogen and oxygen atoms in total. The number of rotatable bonds is 3. The van der Waals surface area contributed by atoms with Crippen LogP contribution in [0.15, 0.2) is 29.6 Å². The highest BCUT2D eigenvalue weighted by Gasteiger charge is 2.37. The van der Waals surface area contributed by atoms with Gasteiger partial charge in [0.25, 0.3) is 0 Å². The quantitative estimate of drug-likeness (QED) is 0.896. The maximum absolute atomic E-state index is 12.3. The largest absolute Gasteiger partial charge is 0.317 e. The molecule has 0 aliphatic heterocycles. The zero-order chi connectivity index (χ0) is 14.9. The van der Waals surface area contributed by atoms with E-state index >= 15 is 0 Å². The second-order valence-electron chi connectivity index (χ2n) is 5.67. The Hall–Kier alpha value is -1.43. The smallest absolute Gasteiger partial charge is 0.246 e. The van der Waals surface area contributed by atoms with E-state index < -0.39 is 5.54 Å². The number of halogens is 1. The lowest BCUT2D eigenvalue weighted by Gasteiger charge is -2.21. The Morgan fingerprint density at radius 2 is 2.00 bits per heavy atom. The highest BCUT2D eigenvalue weighted by molar-refractivity contribution is 7.14. The molecule has 22 heavy (non-hydrogen) atoms. The van der Waals surface area contributed by atoms with E-state index in [1.807, 2.05) is 23.6 Å². The molecule has 0 saturated heterocycles. The second-order valence-corrected chi connectivity index (χ2v) is 6.53. The van der Waals surface area contributed by atoms with Crippen LogP contribution < -0.4 is 11.1 Å². The third-order valence-corrected chi connectivity index (χ3v) is 4.85. The molecular weight excluding hydrogens is 318 g/mol. The Balaban J connectivity index is 0.00000176. The molecule has 0 bridgehead atoms. The molecule has 6 heteroatoms. The maximum atomic E-state index is 12.3. The number of hydrogen-bond donors (Lipinski definition) is 2. The van der Waals surface area contributed by atoms with Gasteiger partial charge in [-0.05, 0) is 25.3 Å². The molecule has 118 valence electrons. The Morgan fingerprint density at radius 1 is 1.32 bits per heavy atom. The molecular formula is C16H20ClN3OS. The van der Waals surface area contributed by atoms with Crippen LogP contribution >= 0.6 is 23.7 Å². The topological polar surface area (TPSA) is 68.0 Å². The first kappa shape index (κ1) is 16.9. The first-order chi connectivity index (χ1) is 10.1. The monoisotopic (exact) mass is 337 g/mol. The van der Waals surface area contributed by atoms with E-state index in [1.54, 1.807) is 0 Å². The van der Waals surface area contributed by atoms with E-state index in [0.717, 1.165) is 36.9 Å². The van der Waals surface area contributed by atoms with E-state index in [1.165, 1.54) is 16.9 Å². The molecule has 1 aliphatic carbocycles. The predicted molar refractivity (Wildman–Crippen MR) is 93.6 cm³/mol. The lowest BCUT2D eigenvalue weighted by atomic mass is 9.98. The van der Waals surface area contributed by atoms with Gasteiger partial charge in [0.05, 0.1) is 11.2 Å². The minimum absolute atomic E-state index is 0. The number of nitrogens with two attached hydrogens (primary N) is 1. The van der Waals surface area contributed by atoms with E-state index in [-0.39, 0.29) is 18.3 Å². The summed E-state index contributed by atoms with van der Waals surface area (Å²) in [4.78, 5) is 16.8. The minimum Gasteiger partial charge on any atom is -0.317 e. The summed E-state index contributed by atoms with van der Waals surface area (Å²) in [5.41, 5.74) is 8.61. The molecule has 3 rings (SSSR count). The van der Waals surface area contributed by atoms with Gasteiger partial charge in [0.1, 0.15) is 0 Å². The van der Waals surface area contributed by atoms with Crippen molar-refractivity contribution in [2.75, 3.05) is 5.32 Å². The molecule has 1 heterocycles. The summed E-state index contributed by atoms with van der Waals surface area (Å²) < 4.78 is 0. The molecule has 2 aromatic rings. The molecule has 1 aromatic carbocycles. The number of nitrogens with zero attached hydrogens (tertiary/aromatic N) is 1. The average Bonchev–Trinajstić information content (AvgIpc) is 3.09. The Bertz CT molecular complexity index is 665. The van der Waals surface area contributed by atoms with Gasteiger partial charge in [0.15, 0.2) is 5.13 Å². The number of amides is 1. The lowest BCUT2D eigenvalue weighted by Crippen LogP contribution is -2.48. The van der Waals surface area contributed by atoms with Gasteiger partial charge in [-0.15, -0.1) is 23.7 Å². The molecule has 1 fully saturated rings.